The Kier molecular flexibility index (Phi) is 5.28. The molecule has 0 amide bonds. The molecule has 2 rings (SSSR count). The largest absolute Gasteiger partial charge is 0.377 e. The Balaban J connectivity index is 2.11. The third-order valence-electron chi connectivity index (χ3n) is 4.09. The summed E-state index contributed by atoms with van der Waals surface area (Å²) in [5.41, 5.74) is 4.24. The number of ether oxygens (including phenoxy) is 1. The van der Waals surface area contributed by atoms with Gasteiger partial charge in [0.1, 0.15) is 0 Å². The number of hydrogen-bond donors (Lipinski definition) is 1. The Bertz CT molecular complexity index is 465. The molecule has 1 saturated heterocycles. The van der Waals surface area contributed by atoms with Gasteiger partial charge in [0.05, 0.1) is 19.3 Å². The van der Waals surface area contributed by atoms with Crippen LogP contribution in [0.1, 0.15) is 45.2 Å². The van der Waals surface area contributed by atoms with Gasteiger partial charge in [0, 0.05) is 24.3 Å². The van der Waals surface area contributed by atoms with Gasteiger partial charge in [-0.15, -0.1) is 0 Å². The predicted octanol–water partition coefficient (Wildman–Crippen LogP) is 3.50. The molecular formula is C18H30N2O. The maximum atomic E-state index is 5.61. The van der Waals surface area contributed by atoms with E-state index >= 15 is 0 Å². The van der Waals surface area contributed by atoms with Crippen LogP contribution in [-0.4, -0.2) is 31.3 Å². The lowest BCUT2D eigenvalue weighted by Crippen LogP contribution is -2.45. The van der Waals surface area contributed by atoms with E-state index in [9.17, 15) is 0 Å². The van der Waals surface area contributed by atoms with Crippen LogP contribution in [0, 0.1) is 6.92 Å². The Morgan fingerprint density at radius 3 is 2.71 bits per heavy atom. The summed E-state index contributed by atoms with van der Waals surface area (Å²) in [7, 11) is 0. The number of nitrogens with zero attached hydrogens (tertiary/aromatic N) is 1. The number of aryl methyl sites for hydroxylation is 1. The fourth-order valence-corrected chi connectivity index (χ4v) is 2.83. The Labute approximate surface area is 129 Å². The first kappa shape index (κ1) is 16.3. The van der Waals surface area contributed by atoms with Gasteiger partial charge in [0.25, 0.3) is 0 Å². The minimum Gasteiger partial charge on any atom is -0.377 e. The lowest BCUT2D eigenvalue weighted by molar-refractivity contribution is 0.0929. The minimum absolute atomic E-state index is 0.157. The van der Waals surface area contributed by atoms with E-state index in [2.05, 4.69) is 63.0 Å². The molecule has 0 aliphatic carbocycles. The summed E-state index contributed by atoms with van der Waals surface area (Å²) >= 11 is 0. The second-order valence-electron chi connectivity index (χ2n) is 7.05. The monoisotopic (exact) mass is 290 g/mol. The third kappa shape index (κ3) is 4.45. The molecule has 0 saturated carbocycles. The van der Waals surface area contributed by atoms with Gasteiger partial charge < -0.3 is 15.0 Å². The summed E-state index contributed by atoms with van der Waals surface area (Å²) in [4.78, 5) is 2.51. The number of hydrogen-bond acceptors (Lipinski definition) is 3. The standard InChI is InChI=1S/C18H30N2O/c1-6-16-13-21-10-9-20(16)17-8-7-15(11-14(17)2)12-19-18(3,4)5/h7-8,11,16,19H,6,9-10,12-13H2,1-5H3. The van der Waals surface area contributed by atoms with E-state index in [0.717, 1.165) is 32.7 Å². The summed E-state index contributed by atoms with van der Waals surface area (Å²) < 4.78 is 5.61. The van der Waals surface area contributed by atoms with Crippen molar-refractivity contribution in [3.8, 4) is 0 Å². The maximum Gasteiger partial charge on any atom is 0.0670 e. The number of anilines is 1. The van der Waals surface area contributed by atoms with Crippen molar-refractivity contribution in [1.82, 2.24) is 5.32 Å². The fraction of sp³-hybridized carbons (Fsp3) is 0.667. The third-order valence-corrected chi connectivity index (χ3v) is 4.09. The summed E-state index contributed by atoms with van der Waals surface area (Å²) in [6, 6.07) is 7.36. The fourth-order valence-electron chi connectivity index (χ4n) is 2.83. The molecule has 0 spiro atoms. The topological polar surface area (TPSA) is 24.5 Å². The van der Waals surface area contributed by atoms with E-state index in [0.29, 0.717) is 6.04 Å². The van der Waals surface area contributed by atoms with Crippen molar-refractivity contribution in [2.75, 3.05) is 24.7 Å². The second-order valence-corrected chi connectivity index (χ2v) is 7.05. The van der Waals surface area contributed by atoms with E-state index < -0.39 is 0 Å². The Morgan fingerprint density at radius 1 is 1.33 bits per heavy atom. The molecule has 1 aromatic carbocycles. The van der Waals surface area contributed by atoms with Crippen LogP contribution in [0.25, 0.3) is 0 Å². The van der Waals surface area contributed by atoms with Gasteiger partial charge in [-0.2, -0.15) is 0 Å². The Hall–Kier alpha value is -1.06. The van der Waals surface area contributed by atoms with Crippen LogP contribution in [-0.2, 0) is 11.3 Å². The van der Waals surface area contributed by atoms with Gasteiger partial charge in [-0.25, -0.2) is 0 Å². The smallest absolute Gasteiger partial charge is 0.0670 e. The molecule has 0 aromatic heterocycles. The molecule has 1 aliphatic heterocycles. The highest BCUT2D eigenvalue weighted by Gasteiger charge is 2.22. The number of morpholine rings is 1. The number of rotatable bonds is 4. The molecule has 1 N–H and O–H groups in total. The molecule has 1 fully saturated rings. The molecule has 1 aromatic rings. The zero-order valence-corrected chi connectivity index (χ0v) is 14.2. The summed E-state index contributed by atoms with van der Waals surface area (Å²) in [6.45, 7) is 14.7. The number of benzene rings is 1. The molecule has 0 radical (unpaired) electrons. The molecule has 3 heteroatoms. The van der Waals surface area contributed by atoms with Crippen LogP contribution in [0.2, 0.25) is 0 Å². The highest BCUT2D eigenvalue weighted by atomic mass is 16.5. The average Bonchev–Trinajstić information content (AvgIpc) is 2.44. The zero-order valence-electron chi connectivity index (χ0n) is 14.2. The van der Waals surface area contributed by atoms with Gasteiger partial charge in [0.2, 0.25) is 0 Å². The first-order valence-electron chi connectivity index (χ1n) is 8.09. The molecule has 1 aliphatic rings. The molecule has 0 bridgehead atoms. The minimum atomic E-state index is 0.157. The summed E-state index contributed by atoms with van der Waals surface area (Å²) in [5.74, 6) is 0. The zero-order chi connectivity index (χ0) is 15.5. The molecule has 3 nitrogen and oxygen atoms in total. The molecule has 1 atom stereocenters. The van der Waals surface area contributed by atoms with Crippen molar-refractivity contribution in [1.29, 1.82) is 0 Å². The molecule has 1 unspecified atom stereocenters. The number of nitrogens with one attached hydrogen (secondary N) is 1. The highest BCUT2D eigenvalue weighted by Crippen LogP contribution is 2.26. The first-order chi connectivity index (χ1) is 9.90. The van der Waals surface area contributed by atoms with E-state index in [-0.39, 0.29) is 5.54 Å². The van der Waals surface area contributed by atoms with Crippen molar-refractivity contribution < 1.29 is 4.74 Å². The van der Waals surface area contributed by atoms with Crippen molar-refractivity contribution >= 4 is 5.69 Å². The van der Waals surface area contributed by atoms with Crippen molar-refractivity contribution in [3.63, 3.8) is 0 Å². The van der Waals surface area contributed by atoms with Crippen LogP contribution < -0.4 is 10.2 Å². The normalized spacial score (nSPS) is 19.9. The maximum absolute atomic E-state index is 5.61. The van der Waals surface area contributed by atoms with Crippen molar-refractivity contribution in [3.05, 3.63) is 29.3 Å². The van der Waals surface area contributed by atoms with Gasteiger partial charge in [0.15, 0.2) is 0 Å². The van der Waals surface area contributed by atoms with Crippen LogP contribution >= 0.6 is 0 Å². The Morgan fingerprint density at radius 2 is 2.10 bits per heavy atom. The lowest BCUT2D eigenvalue weighted by Gasteiger charge is -2.38. The van der Waals surface area contributed by atoms with Gasteiger partial charge in [-0.05, 0) is 51.3 Å². The van der Waals surface area contributed by atoms with Crippen molar-refractivity contribution in [2.24, 2.45) is 0 Å². The molecule has 1 heterocycles. The van der Waals surface area contributed by atoms with E-state index in [1.165, 1.54) is 16.8 Å². The quantitative estimate of drug-likeness (QED) is 0.918. The van der Waals surface area contributed by atoms with Gasteiger partial charge >= 0.3 is 0 Å². The van der Waals surface area contributed by atoms with Gasteiger partial charge in [-0.1, -0.05) is 19.1 Å². The van der Waals surface area contributed by atoms with E-state index in [4.69, 9.17) is 4.74 Å². The average molecular weight is 290 g/mol. The lowest BCUT2D eigenvalue weighted by atomic mass is 10.0. The second kappa shape index (κ2) is 6.80. The van der Waals surface area contributed by atoms with Gasteiger partial charge in [-0.3, -0.25) is 0 Å². The molecular weight excluding hydrogens is 260 g/mol. The van der Waals surface area contributed by atoms with Crippen LogP contribution in [0.3, 0.4) is 0 Å². The summed E-state index contributed by atoms with van der Waals surface area (Å²) in [6.07, 6.45) is 1.13. The van der Waals surface area contributed by atoms with Crippen LogP contribution in [0.4, 0.5) is 5.69 Å². The van der Waals surface area contributed by atoms with Crippen LogP contribution in [0.15, 0.2) is 18.2 Å². The predicted molar refractivity (Wildman–Crippen MR) is 90.0 cm³/mol. The molecule has 118 valence electrons. The highest BCUT2D eigenvalue weighted by molar-refractivity contribution is 5.55. The van der Waals surface area contributed by atoms with Crippen molar-refractivity contribution in [2.45, 2.75) is 59.2 Å². The van der Waals surface area contributed by atoms with E-state index in [1.54, 1.807) is 0 Å². The summed E-state index contributed by atoms with van der Waals surface area (Å²) in [5, 5.41) is 3.55. The van der Waals surface area contributed by atoms with E-state index in [1.807, 2.05) is 0 Å². The first-order valence-corrected chi connectivity index (χ1v) is 8.09. The molecule has 21 heavy (non-hydrogen) atoms. The van der Waals surface area contributed by atoms with Crippen LogP contribution in [0.5, 0.6) is 0 Å². The SMILES string of the molecule is CCC1COCCN1c1ccc(CNC(C)(C)C)cc1C.